The zero-order valence-corrected chi connectivity index (χ0v) is 7.74. The van der Waals surface area contributed by atoms with E-state index in [9.17, 15) is 5.11 Å². The Morgan fingerprint density at radius 1 is 1.27 bits per heavy atom. The van der Waals surface area contributed by atoms with Gasteiger partial charge in [0.2, 0.25) is 0 Å². The van der Waals surface area contributed by atoms with E-state index in [2.05, 4.69) is 0 Å². The molecule has 3 N–H and O–H groups in total. The number of hydrogen-bond donors (Lipinski definition) is 2. The summed E-state index contributed by atoms with van der Waals surface area (Å²) in [4.78, 5) is 0. The molecule has 0 amide bonds. The third-order valence-corrected chi connectivity index (χ3v) is 1.80. The third kappa shape index (κ3) is 3.18. The number of nitrogens with two attached hydrogens (primary N) is 1. The highest BCUT2D eigenvalue weighted by molar-refractivity contribution is 4.78. The van der Waals surface area contributed by atoms with E-state index < -0.39 is 6.10 Å². The number of aliphatic hydroxyl groups is 1. The van der Waals surface area contributed by atoms with Crippen LogP contribution in [0.2, 0.25) is 0 Å². The Morgan fingerprint density at radius 2 is 1.73 bits per heavy atom. The second kappa shape index (κ2) is 4.70. The van der Waals surface area contributed by atoms with Gasteiger partial charge < -0.3 is 15.6 Å². The Kier molecular flexibility index (Phi) is 4.65. The van der Waals surface area contributed by atoms with E-state index in [4.69, 9.17) is 10.5 Å². The van der Waals surface area contributed by atoms with Crippen molar-refractivity contribution in [1.29, 1.82) is 0 Å². The monoisotopic (exact) mass is 161 g/mol. The Labute approximate surface area is 68.5 Å². The summed E-state index contributed by atoms with van der Waals surface area (Å²) < 4.78 is 5.10. The fourth-order valence-electron chi connectivity index (χ4n) is 1.11. The molecule has 0 aromatic carbocycles. The Morgan fingerprint density at radius 3 is 1.82 bits per heavy atom. The van der Waals surface area contributed by atoms with Gasteiger partial charge in [-0.1, -0.05) is 13.8 Å². The standard InChI is InChI=1S/C8H19NO2/c1-5(2)8(11-4)7(10)6(3)9/h5-8,10H,9H2,1-4H3. The largest absolute Gasteiger partial charge is 0.389 e. The molecule has 0 aliphatic rings. The molecule has 0 heterocycles. The van der Waals surface area contributed by atoms with Crippen LogP contribution in [0.3, 0.4) is 0 Å². The van der Waals surface area contributed by atoms with Gasteiger partial charge in [-0.2, -0.15) is 0 Å². The molecular weight excluding hydrogens is 142 g/mol. The Bertz CT molecular complexity index is 104. The molecule has 0 bridgehead atoms. The van der Waals surface area contributed by atoms with Crippen LogP contribution in [0.1, 0.15) is 20.8 Å². The highest BCUT2D eigenvalue weighted by atomic mass is 16.5. The molecule has 0 aromatic rings. The minimum atomic E-state index is -0.569. The highest BCUT2D eigenvalue weighted by Crippen LogP contribution is 2.11. The van der Waals surface area contributed by atoms with Crippen LogP contribution in [0.25, 0.3) is 0 Å². The van der Waals surface area contributed by atoms with Crippen molar-refractivity contribution < 1.29 is 9.84 Å². The minimum absolute atomic E-state index is 0.157. The number of rotatable bonds is 4. The van der Waals surface area contributed by atoms with Crippen molar-refractivity contribution in [3.63, 3.8) is 0 Å². The molecule has 11 heavy (non-hydrogen) atoms. The SMILES string of the molecule is COC(C(C)C)C(O)C(C)N. The molecule has 3 unspecified atom stereocenters. The van der Waals surface area contributed by atoms with E-state index in [-0.39, 0.29) is 12.1 Å². The summed E-state index contributed by atoms with van der Waals surface area (Å²) in [5, 5.41) is 9.51. The second-order valence-electron chi connectivity index (χ2n) is 3.29. The maximum atomic E-state index is 9.51. The molecule has 0 aromatic heterocycles. The van der Waals surface area contributed by atoms with Gasteiger partial charge >= 0.3 is 0 Å². The molecule has 0 spiro atoms. The predicted molar refractivity (Wildman–Crippen MR) is 45.3 cm³/mol. The second-order valence-corrected chi connectivity index (χ2v) is 3.29. The average molecular weight is 161 g/mol. The van der Waals surface area contributed by atoms with Crippen molar-refractivity contribution in [2.45, 2.75) is 39.0 Å². The van der Waals surface area contributed by atoms with Crippen LogP contribution in [0.4, 0.5) is 0 Å². The summed E-state index contributed by atoms with van der Waals surface area (Å²) in [6.07, 6.45) is -0.727. The molecular formula is C8H19NO2. The first-order valence-electron chi connectivity index (χ1n) is 3.97. The average Bonchev–Trinajstić information content (AvgIpc) is 1.88. The van der Waals surface area contributed by atoms with Gasteiger partial charge in [0, 0.05) is 13.2 Å². The first kappa shape index (κ1) is 10.9. The predicted octanol–water partition coefficient (Wildman–Crippen LogP) is 0.366. The normalized spacial score (nSPS) is 19.9. The fraction of sp³-hybridized carbons (Fsp3) is 1.00. The summed E-state index contributed by atoms with van der Waals surface area (Å²) in [6.45, 7) is 5.78. The van der Waals surface area contributed by atoms with Crippen LogP contribution < -0.4 is 5.73 Å². The van der Waals surface area contributed by atoms with Gasteiger partial charge in [-0.05, 0) is 12.8 Å². The molecule has 0 saturated heterocycles. The summed E-state index contributed by atoms with van der Waals surface area (Å²) in [5.74, 6) is 0.293. The Balaban J connectivity index is 4.02. The van der Waals surface area contributed by atoms with E-state index >= 15 is 0 Å². The lowest BCUT2D eigenvalue weighted by Gasteiger charge is -2.27. The van der Waals surface area contributed by atoms with Crippen LogP contribution in [-0.4, -0.2) is 30.5 Å². The van der Waals surface area contributed by atoms with Crippen LogP contribution in [0.5, 0.6) is 0 Å². The van der Waals surface area contributed by atoms with Crippen molar-refractivity contribution in [3.05, 3.63) is 0 Å². The van der Waals surface area contributed by atoms with Crippen LogP contribution in [0, 0.1) is 5.92 Å². The van der Waals surface area contributed by atoms with E-state index in [0.29, 0.717) is 5.92 Å². The summed E-state index contributed by atoms with van der Waals surface area (Å²) >= 11 is 0. The minimum Gasteiger partial charge on any atom is -0.389 e. The van der Waals surface area contributed by atoms with E-state index in [1.54, 1.807) is 14.0 Å². The van der Waals surface area contributed by atoms with Crippen molar-refractivity contribution in [2.75, 3.05) is 7.11 Å². The summed E-state index contributed by atoms with van der Waals surface area (Å²) in [7, 11) is 1.59. The molecule has 68 valence electrons. The van der Waals surface area contributed by atoms with E-state index in [0.717, 1.165) is 0 Å². The fourth-order valence-corrected chi connectivity index (χ4v) is 1.11. The molecule has 0 aliphatic heterocycles. The van der Waals surface area contributed by atoms with E-state index in [1.807, 2.05) is 13.8 Å². The molecule has 0 fully saturated rings. The zero-order valence-electron chi connectivity index (χ0n) is 7.74. The third-order valence-electron chi connectivity index (χ3n) is 1.80. The van der Waals surface area contributed by atoms with Crippen molar-refractivity contribution in [3.8, 4) is 0 Å². The maximum Gasteiger partial charge on any atom is 0.0951 e. The van der Waals surface area contributed by atoms with Crippen LogP contribution in [0.15, 0.2) is 0 Å². The Hall–Kier alpha value is -0.120. The van der Waals surface area contributed by atoms with Gasteiger partial charge in [0.15, 0.2) is 0 Å². The molecule has 3 heteroatoms. The molecule has 3 atom stereocenters. The topological polar surface area (TPSA) is 55.5 Å². The van der Waals surface area contributed by atoms with Gasteiger partial charge in [-0.25, -0.2) is 0 Å². The zero-order chi connectivity index (χ0) is 9.02. The number of hydrogen-bond acceptors (Lipinski definition) is 3. The highest BCUT2D eigenvalue weighted by Gasteiger charge is 2.24. The summed E-state index contributed by atoms with van der Waals surface area (Å²) in [6, 6.07) is -0.234. The lowest BCUT2D eigenvalue weighted by atomic mass is 9.98. The summed E-state index contributed by atoms with van der Waals surface area (Å²) in [5.41, 5.74) is 5.52. The number of aliphatic hydroxyl groups excluding tert-OH is 1. The van der Waals surface area contributed by atoms with Gasteiger partial charge in [-0.15, -0.1) is 0 Å². The lowest BCUT2D eigenvalue weighted by molar-refractivity contribution is -0.0456. The van der Waals surface area contributed by atoms with Gasteiger partial charge in [0.1, 0.15) is 0 Å². The van der Waals surface area contributed by atoms with Crippen molar-refractivity contribution in [1.82, 2.24) is 0 Å². The number of ether oxygens (including phenoxy) is 1. The lowest BCUT2D eigenvalue weighted by Crippen LogP contribution is -2.44. The molecule has 0 rings (SSSR count). The molecule has 0 saturated carbocycles. The van der Waals surface area contributed by atoms with Gasteiger partial charge in [0.05, 0.1) is 12.2 Å². The first-order valence-corrected chi connectivity index (χ1v) is 3.97. The number of methoxy groups -OCH3 is 1. The van der Waals surface area contributed by atoms with Crippen molar-refractivity contribution >= 4 is 0 Å². The van der Waals surface area contributed by atoms with Gasteiger partial charge in [0.25, 0.3) is 0 Å². The van der Waals surface area contributed by atoms with Crippen molar-refractivity contribution in [2.24, 2.45) is 11.7 Å². The molecule has 0 aliphatic carbocycles. The maximum absolute atomic E-state index is 9.51. The molecule has 3 nitrogen and oxygen atoms in total. The van der Waals surface area contributed by atoms with Gasteiger partial charge in [-0.3, -0.25) is 0 Å². The molecule has 0 radical (unpaired) electrons. The van der Waals surface area contributed by atoms with E-state index in [1.165, 1.54) is 0 Å². The quantitative estimate of drug-likeness (QED) is 0.626. The first-order chi connectivity index (χ1) is 5.00. The smallest absolute Gasteiger partial charge is 0.0951 e. The van der Waals surface area contributed by atoms with Crippen LogP contribution in [-0.2, 0) is 4.74 Å². The van der Waals surface area contributed by atoms with Crippen LogP contribution >= 0.6 is 0 Å².